The zero-order chi connectivity index (χ0) is 15.6. The van der Waals surface area contributed by atoms with Gasteiger partial charge in [-0.25, -0.2) is 8.42 Å². The lowest BCUT2D eigenvalue weighted by atomic mass is 10.2. The van der Waals surface area contributed by atoms with Gasteiger partial charge in [-0.1, -0.05) is 17.7 Å². The maximum atomic E-state index is 12.8. The van der Waals surface area contributed by atoms with Gasteiger partial charge in [-0.3, -0.25) is 0 Å². The molecule has 1 fully saturated rings. The van der Waals surface area contributed by atoms with E-state index in [0.29, 0.717) is 18.7 Å². The van der Waals surface area contributed by atoms with E-state index in [4.69, 9.17) is 16.7 Å². The molecular weight excluding hydrogens is 312 g/mol. The lowest BCUT2D eigenvalue weighted by molar-refractivity contribution is 0.281. The minimum Gasteiger partial charge on any atom is -0.392 e. The highest BCUT2D eigenvalue weighted by Gasteiger charge is 2.35. The van der Waals surface area contributed by atoms with Gasteiger partial charge in [0.25, 0.3) is 0 Å². The Balaban J connectivity index is 2.30. The van der Waals surface area contributed by atoms with E-state index < -0.39 is 10.0 Å². The van der Waals surface area contributed by atoms with Crippen LogP contribution in [-0.2, 0) is 16.6 Å². The molecule has 0 amide bonds. The molecule has 5 nitrogen and oxygen atoms in total. The van der Waals surface area contributed by atoms with E-state index in [0.717, 1.165) is 12.8 Å². The molecule has 1 heterocycles. The topological polar surface area (TPSA) is 60.9 Å². The smallest absolute Gasteiger partial charge is 0.243 e. The monoisotopic (exact) mass is 332 g/mol. The summed E-state index contributed by atoms with van der Waals surface area (Å²) in [7, 11) is 0.341. The van der Waals surface area contributed by atoms with Crippen LogP contribution in [0.2, 0.25) is 5.02 Å². The molecule has 0 aromatic heterocycles. The Labute approximate surface area is 131 Å². The van der Waals surface area contributed by atoms with Crippen LogP contribution < -0.4 is 0 Å². The van der Waals surface area contributed by atoms with Crippen LogP contribution in [0.3, 0.4) is 0 Å². The number of nitrogens with zero attached hydrogens (tertiary/aromatic N) is 2. The Morgan fingerprint density at radius 1 is 1.43 bits per heavy atom. The Morgan fingerprint density at radius 2 is 2.14 bits per heavy atom. The van der Waals surface area contributed by atoms with Crippen molar-refractivity contribution in [2.24, 2.45) is 0 Å². The van der Waals surface area contributed by atoms with Gasteiger partial charge in [0.15, 0.2) is 0 Å². The van der Waals surface area contributed by atoms with Crippen LogP contribution in [0.4, 0.5) is 0 Å². The average Bonchev–Trinajstić information content (AvgIpc) is 2.86. The first-order valence-corrected chi connectivity index (χ1v) is 8.74. The van der Waals surface area contributed by atoms with Crippen molar-refractivity contribution in [2.45, 2.75) is 30.4 Å². The zero-order valence-electron chi connectivity index (χ0n) is 12.3. The molecule has 21 heavy (non-hydrogen) atoms. The molecule has 118 valence electrons. The third-order valence-corrected chi connectivity index (χ3v) is 6.00. The van der Waals surface area contributed by atoms with Gasteiger partial charge in [0.1, 0.15) is 0 Å². The van der Waals surface area contributed by atoms with Crippen LogP contribution in [0.1, 0.15) is 18.4 Å². The summed E-state index contributed by atoms with van der Waals surface area (Å²) in [6.07, 6.45) is 1.75. The van der Waals surface area contributed by atoms with Crippen molar-refractivity contribution in [1.29, 1.82) is 0 Å². The van der Waals surface area contributed by atoms with E-state index >= 15 is 0 Å². The van der Waals surface area contributed by atoms with E-state index in [9.17, 15) is 8.42 Å². The van der Waals surface area contributed by atoms with Crippen molar-refractivity contribution >= 4 is 21.6 Å². The van der Waals surface area contributed by atoms with E-state index in [2.05, 4.69) is 0 Å². The fourth-order valence-electron chi connectivity index (χ4n) is 2.68. The number of likely N-dealkylation sites (N-methyl/N-ethyl adjacent to an activating group) is 1. The van der Waals surface area contributed by atoms with Crippen molar-refractivity contribution in [3.8, 4) is 0 Å². The minimum atomic E-state index is -3.54. The Kier molecular flexibility index (Phi) is 5.27. The zero-order valence-corrected chi connectivity index (χ0v) is 13.9. The molecule has 7 heteroatoms. The number of hydrogen-bond acceptors (Lipinski definition) is 4. The van der Waals surface area contributed by atoms with Crippen molar-refractivity contribution in [2.75, 3.05) is 27.2 Å². The van der Waals surface area contributed by atoms with Gasteiger partial charge in [0.05, 0.1) is 11.5 Å². The second kappa shape index (κ2) is 6.62. The lowest BCUT2D eigenvalue weighted by Crippen LogP contribution is -2.41. The van der Waals surface area contributed by atoms with Crippen LogP contribution in [0.15, 0.2) is 23.1 Å². The summed E-state index contributed by atoms with van der Waals surface area (Å²) in [4.78, 5) is 2.19. The fourth-order valence-corrected chi connectivity index (χ4v) is 4.70. The fraction of sp³-hybridized carbons (Fsp3) is 0.571. The number of benzene rings is 1. The Bertz CT molecular complexity index is 604. The molecule has 1 aliphatic rings. The van der Waals surface area contributed by atoms with Gasteiger partial charge >= 0.3 is 0 Å². The van der Waals surface area contributed by atoms with E-state index in [1.807, 2.05) is 19.0 Å². The molecule has 1 N–H and O–H groups in total. The minimum absolute atomic E-state index is 0.00120. The van der Waals surface area contributed by atoms with Crippen molar-refractivity contribution in [1.82, 2.24) is 9.21 Å². The van der Waals surface area contributed by atoms with Gasteiger partial charge in [0, 0.05) is 24.2 Å². The van der Waals surface area contributed by atoms with E-state index in [1.54, 1.807) is 10.4 Å². The molecule has 0 aliphatic carbocycles. The SMILES string of the molecule is CN(C)CC1CCCN1S(=O)(=O)c1ccc(CO)c(Cl)c1. The molecule has 0 bridgehead atoms. The molecule has 1 aliphatic heterocycles. The molecule has 0 saturated carbocycles. The van der Waals surface area contributed by atoms with Gasteiger partial charge in [-0.05, 0) is 44.6 Å². The van der Waals surface area contributed by atoms with Gasteiger partial charge < -0.3 is 10.0 Å². The summed E-state index contributed by atoms with van der Waals surface area (Å²) < 4.78 is 27.1. The summed E-state index contributed by atoms with van der Waals surface area (Å²) in [5.74, 6) is 0. The summed E-state index contributed by atoms with van der Waals surface area (Å²) in [6, 6.07) is 4.50. The molecule has 1 unspecified atom stereocenters. The first kappa shape index (κ1) is 16.7. The van der Waals surface area contributed by atoms with Gasteiger partial charge in [-0.15, -0.1) is 0 Å². The number of aliphatic hydroxyl groups excluding tert-OH is 1. The number of aliphatic hydroxyl groups is 1. The van der Waals surface area contributed by atoms with E-state index in [-0.39, 0.29) is 22.6 Å². The molecule has 2 rings (SSSR count). The lowest BCUT2D eigenvalue weighted by Gasteiger charge is -2.26. The maximum Gasteiger partial charge on any atom is 0.243 e. The summed E-state index contributed by atoms with van der Waals surface area (Å²) in [5, 5.41) is 9.39. The summed E-state index contributed by atoms with van der Waals surface area (Å²) >= 11 is 6.01. The number of sulfonamides is 1. The first-order chi connectivity index (χ1) is 9.86. The first-order valence-electron chi connectivity index (χ1n) is 6.92. The third kappa shape index (κ3) is 3.57. The molecule has 1 saturated heterocycles. The number of halogens is 1. The second-order valence-electron chi connectivity index (χ2n) is 5.59. The standard InChI is InChI=1S/C14H21ClN2O3S/c1-16(2)9-12-4-3-7-17(12)21(19,20)13-6-5-11(10-18)14(15)8-13/h5-6,8,12,18H,3-4,7,9-10H2,1-2H3. The number of hydrogen-bond donors (Lipinski definition) is 1. The van der Waals surface area contributed by atoms with Crippen molar-refractivity contribution in [3.05, 3.63) is 28.8 Å². The van der Waals surface area contributed by atoms with Gasteiger partial charge in [0.2, 0.25) is 10.0 Å². The quantitative estimate of drug-likeness (QED) is 0.888. The Morgan fingerprint density at radius 3 is 2.71 bits per heavy atom. The highest BCUT2D eigenvalue weighted by atomic mass is 35.5. The maximum absolute atomic E-state index is 12.8. The second-order valence-corrected chi connectivity index (χ2v) is 7.88. The van der Waals surface area contributed by atoms with E-state index in [1.165, 1.54) is 12.1 Å². The van der Waals surface area contributed by atoms with Crippen molar-refractivity contribution in [3.63, 3.8) is 0 Å². The predicted molar refractivity (Wildman–Crippen MR) is 82.8 cm³/mol. The van der Waals surface area contributed by atoms with Gasteiger partial charge in [-0.2, -0.15) is 4.31 Å². The highest BCUT2D eigenvalue weighted by Crippen LogP contribution is 2.28. The molecular formula is C14H21ClN2O3S. The summed E-state index contributed by atoms with van der Waals surface area (Å²) in [6.45, 7) is 1.05. The third-order valence-electron chi connectivity index (χ3n) is 3.70. The van der Waals surface area contributed by atoms with Crippen LogP contribution >= 0.6 is 11.6 Å². The van der Waals surface area contributed by atoms with Crippen LogP contribution in [-0.4, -0.2) is 56.0 Å². The summed E-state index contributed by atoms with van der Waals surface area (Å²) in [5.41, 5.74) is 0.530. The average molecular weight is 333 g/mol. The van der Waals surface area contributed by atoms with Crippen LogP contribution in [0, 0.1) is 0 Å². The van der Waals surface area contributed by atoms with Crippen molar-refractivity contribution < 1.29 is 13.5 Å². The highest BCUT2D eigenvalue weighted by molar-refractivity contribution is 7.89. The Hall–Kier alpha value is -0.660. The molecule has 1 aromatic rings. The van der Waals surface area contributed by atoms with Crippen LogP contribution in [0.25, 0.3) is 0 Å². The molecule has 0 spiro atoms. The molecule has 1 aromatic carbocycles. The molecule has 1 atom stereocenters. The predicted octanol–water partition coefficient (Wildman–Crippen LogP) is 1.55. The normalized spacial score (nSPS) is 20.3. The van der Waals surface area contributed by atoms with Crippen LogP contribution in [0.5, 0.6) is 0 Å². The largest absolute Gasteiger partial charge is 0.392 e. The number of rotatable bonds is 5. The molecule has 0 radical (unpaired) electrons.